The lowest BCUT2D eigenvalue weighted by Gasteiger charge is -2.35. The minimum absolute atomic E-state index is 0.303. The summed E-state index contributed by atoms with van der Waals surface area (Å²) in [4.78, 5) is 7.45. The average molecular weight is 427 g/mol. The average Bonchev–Trinajstić information content (AvgIpc) is 3.04. The second-order valence-electron chi connectivity index (χ2n) is 8.23. The number of aromatic nitrogens is 2. The molecule has 31 heavy (non-hydrogen) atoms. The van der Waals surface area contributed by atoms with Crippen molar-refractivity contribution in [3.05, 3.63) is 46.8 Å². The van der Waals surface area contributed by atoms with Gasteiger partial charge in [0.15, 0.2) is 5.96 Å². The van der Waals surface area contributed by atoms with Gasteiger partial charge in [0, 0.05) is 31.4 Å². The molecule has 1 aliphatic heterocycles. The van der Waals surface area contributed by atoms with Gasteiger partial charge in [-0.3, -0.25) is 9.58 Å². The number of aryl methyl sites for hydroxylation is 2. The summed E-state index contributed by atoms with van der Waals surface area (Å²) in [6, 6.07) is 8.79. The maximum atomic E-state index is 5.35. The van der Waals surface area contributed by atoms with Gasteiger partial charge in [-0.1, -0.05) is 18.6 Å². The Morgan fingerprint density at radius 1 is 1.13 bits per heavy atom. The molecule has 2 aromatic rings. The van der Waals surface area contributed by atoms with E-state index in [1.165, 1.54) is 36.1 Å². The second-order valence-corrected chi connectivity index (χ2v) is 8.23. The molecule has 0 saturated carbocycles. The molecule has 170 valence electrons. The van der Waals surface area contributed by atoms with E-state index >= 15 is 0 Å². The molecular weight excluding hydrogens is 388 g/mol. The Kier molecular flexibility index (Phi) is 8.35. The van der Waals surface area contributed by atoms with E-state index in [4.69, 9.17) is 9.73 Å². The Morgan fingerprint density at radius 3 is 2.42 bits per heavy atom. The lowest BCUT2D eigenvalue weighted by Crippen LogP contribution is -2.44. The zero-order chi connectivity index (χ0) is 22.2. The van der Waals surface area contributed by atoms with Crippen molar-refractivity contribution in [3.8, 4) is 5.75 Å². The van der Waals surface area contributed by atoms with Crippen LogP contribution >= 0.6 is 0 Å². The topological polar surface area (TPSA) is 66.7 Å². The first-order chi connectivity index (χ1) is 15.0. The van der Waals surface area contributed by atoms with Crippen molar-refractivity contribution < 1.29 is 4.74 Å². The molecule has 2 heterocycles. The molecule has 2 N–H and O–H groups in total. The monoisotopic (exact) mass is 426 g/mol. The van der Waals surface area contributed by atoms with Crippen LogP contribution in [0.1, 0.15) is 54.7 Å². The van der Waals surface area contributed by atoms with Crippen LogP contribution in [-0.4, -0.2) is 53.9 Å². The van der Waals surface area contributed by atoms with E-state index in [1.807, 2.05) is 18.7 Å². The predicted molar refractivity (Wildman–Crippen MR) is 127 cm³/mol. The molecule has 3 rings (SSSR count). The van der Waals surface area contributed by atoms with Crippen molar-refractivity contribution in [2.24, 2.45) is 12.0 Å². The third kappa shape index (κ3) is 6.00. The number of piperidine rings is 1. The zero-order valence-corrected chi connectivity index (χ0v) is 19.7. The molecule has 1 atom stereocenters. The van der Waals surface area contributed by atoms with Crippen LogP contribution in [0, 0.1) is 13.8 Å². The molecule has 0 amide bonds. The van der Waals surface area contributed by atoms with Gasteiger partial charge in [-0.05, 0) is 64.4 Å². The van der Waals surface area contributed by atoms with Crippen LogP contribution in [0.2, 0.25) is 0 Å². The number of guanidine groups is 1. The highest BCUT2D eigenvalue weighted by Gasteiger charge is 2.22. The number of benzene rings is 1. The molecule has 0 spiro atoms. The van der Waals surface area contributed by atoms with Gasteiger partial charge in [0.05, 0.1) is 25.4 Å². The van der Waals surface area contributed by atoms with Crippen LogP contribution in [0.4, 0.5) is 0 Å². The normalized spacial score (nSPS) is 16.2. The number of nitrogens with one attached hydrogen (secondary N) is 2. The molecule has 0 aliphatic carbocycles. The molecule has 1 aromatic carbocycles. The standard InChI is InChI=1S/C24H38N6O/c1-6-25-24(26-16-22-18(2)28-29(4)19(22)3)27-17-23(30-14-8-7-9-15-30)20-10-12-21(31-5)13-11-20/h10-13,23H,6-9,14-17H2,1-5H3,(H2,25,26,27). The van der Waals surface area contributed by atoms with Crippen molar-refractivity contribution in [2.45, 2.75) is 52.6 Å². The first kappa shape index (κ1) is 23.1. The van der Waals surface area contributed by atoms with E-state index < -0.39 is 0 Å². The fourth-order valence-corrected chi connectivity index (χ4v) is 4.25. The molecule has 7 nitrogen and oxygen atoms in total. The highest BCUT2D eigenvalue weighted by atomic mass is 16.5. The van der Waals surface area contributed by atoms with Gasteiger partial charge >= 0.3 is 0 Å². The summed E-state index contributed by atoms with van der Waals surface area (Å²) in [6.45, 7) is 10.8. The summed E-state index contributed by atoms with van der Waals surface area (Å²) >= 11 is 0. The van der Waals surface area contributed by atoms with Crippen molar-refractivity contribution in [3.63, 3.8) is 0 Å². The first-order valence-electron chi connectivity index (χ1n) is 11.4. The van der Waals surface area contributed by atoms with E-state index in [9.17, 15) is 0 Å². The number of rotatable bonds is 8. The fraction of sp³-hybridized carbons (Fsp3) is 0.583. The van der Waals surface area contributed by atoms with Crippen LogP contribution in [0.3, 0.4) is 0 Å². The number of hydrogen-bond donors (Lipinski definition) is 2. The second kappa shape index (κ2) is 11.2. The van der Waals surface area contributed by atoms with E-state index in [0.29, 0.717) is 12.6 Å². The highest BCUT2D eigenvalue weighted by molar-refractivity contribution is 5.79. The number of aliphatic imine (C=N–C) groups is 1. The SMILES string of the molecule is CCNC(=NCc1c(C)nn(C)c1C)NCC(c1ccc(OC)cc1)N1CCCCC1. The third-order valence-electron chi connectivity index (χ3n) is 6.19. The molecule has 7 heteroatoms. The minimum Gasteiger partial charge on any atom is -0.497 e. The largest absolute Gasteiger partial charge is 0.497 e. The highest BCUT2D eigenvalue weighted by Crippen LogP contribution is 2.26. The number of nitrogens with zero attached hydrogens (tertiary/aromatic N) is 4. The van der Waals surface area contributed by atoms with Crippen molar-refractivity contribution >= 4 is 5.96 Å². The summed E-state index contributed by atoms with van der Waals surface area (Å²) < 4.78 is 7.28. The van der Waals surface area contributed by atoms with Gasteiger partial charge in [0.1, 0.15) is 5.75 Å². The first-order valence-corrected chi connectivity index (χ1v) is 11.4. The van der Waals surface area contributed by atoms with Gasteiger partial charge in [-0.25, -0.2) is 4.99 Å². The molecule has 1 fully saturated rings. The molecule has 0 radical (unpaired) electrons. The van der Waals surface area contributed by atoms with Gasteiger partial charge in [-0.15, -0.1) is 0 Å². The lowest BCUT2D eigenvalue weighted by atomic mass is 10.0. The van der Waals surface area contributed by atoms with E-state index in [0.717, 1.165) is 43.6 Å². The molecular formula is C24H38N6O. The maximum absolute atomic E-state index is 5.35. The number of hydrogen-bond acceptors (Lipinski definition) is 4. The van der Waals surface area contributed by atoms with Crippen molar-refractivity contribution in [1.82, 2.24) is 25.3 Å². The molecule has 1 unspecified atom stereocenters. The van der Waals surface area contributed by atoms with Crippen molar-refractivity contribution in [1.29, 1.82) is 0 Å². The Bertz CT molecular complexity index is 852. The van der Waals surface area contributed by atoms with E-state index in [-0.39, 0.29) is 0 Å². The third-order valence-corrected chi connectivity index (χ3v) is 6.19. The summed E-state index contributed by atoms with van der Waals surface area (Å²) in [5, 5.41) is 11.5. The van der Waals surface area contributed by atoms with Crippen LogP contribution in [-0.2, 0) is 13.6 Å². The Balaban J connectivity index is 1.74. The predicted octanol–water partition coefficient (Wildman–Crippen LogP) is 3.33. The lowest BCUT2D eigenvalue weighted by molar-refractivity contribution is 0.164. The van der Waals surface area contributed by atoms with E-state index in [1.54, 1.807) is 7.11 Å². The van der Waals surface area contributed by atoms with Crippen LogP contribution in [0.15, 0.2) is 29.3 Å². The molecule has 1 aromatic heterocycles. The molecule has 0 bridgehead atoms. The fourth-order valence-electron chi connectivity index (χ4n) is 4.25. The number of likely N-dealkylation sites (tertiary alicyclic amines) is 1. The van der Waals surface area contributed by atoms with Gasteiger partial charge in [0.25, 0.3) is 0 Å². The number of methoxy groups -OCH3 is 1. The zero-order valence-electron chi connectivity index (χ0n) is 19.7. The number of ether oxygens (including phenoxy) is 1. The Labute approximate surface area is 186 Å². The summed E-state index contributed by atoms with van der Waals surface area (Å²) in [5.74, 6) is 1.74. The molecule has 1 saturated heterocycles. The van der Waals surface area contributed by atoms with Crippen LogP contribution in [0.5, 0.6) is 5.75 Å². The smallest absolute Gasteiger partial charge is 0.191 e. The molecule has 1 aliphatic rings. The summed E-state index contributed by atoms with van der Waals surface area (Å²) in [7, 11) is 3.70. The quantitative estimate of drug-likeness (QED) is 0.501. The van der Waals surface area contributed by atoms with Gasteiger partial charge in [-0.2, -0.15) is 5.10 Å². The minimum atomic E-state index is 0.303. The summed E-state index contributed by atoms with van der Waals surface area (Å²) in [6.07, 6.45) is 3.86. The maximum Gasteiger partial charge on any atom is 0.191 e. The van der Waals surface area contributed by atoms with Gasteiger partial charge in [0.2, 0.25) is 0 Å². The van der Waals surface area contributed by atoms with Gasteiger partial charge < -0.3 is 15.4 Å². The van der Waals surface area contributed by atoms with Crippen molar-refractivity contribution in [2.75, 3.05) is 33.3 Å². The Morgan fingerprint density at radius 2 is 1.84 bits per heavy atom. The van der Waals surface area contributed by atoms with Crippen LogP contribution < -0.4 is 15.4 Å². The summed E-state index contributed by atoms with van der Waals surface area (Å²) in [5.41, 5.74) is 4.72. The van der Waals surface area contributed by atoms with E-state index in [2.05, 4.69) is 58.7 Å². The van der Waals surface area contributed by atoms with Crippen LogP contribution in [0.25, 0.3) is 0 Å². The Hall–Kier alpha value is -2.54.